The number of aromatic nitrogens is 2. The second-order valence-corrected chi connectivity index (χ2v) is 3.11. The van der Waals surface area contributed by atoms with E-state index >= 15 is 0 Å². The zero-order valence-electron chi connectivity index (χ0n) is 8.43. The Bertz CT molecular complexity index is 476. The van der Waals surface area contributed by atoms with E-state index in [-0.39, 0.29) is 12.4 Å². The minimum atomic E-state index is -0.381. The van der Waals surface area contributed by atoms with Crippen molar-refractivity contribution in [3.05, 3.63) is 48.2 Å². The van der Waals surface area contributed by atoms with Crippen LogP contribution in [0.25, 0.3) is 0 Å². The second-order valence-electron chi connectivity index (χ2n) is 3.11. The van der Waals surface area contributed by atoms with Gasteiger partial charge in [0.05, 0.1) is 0 Å². The van der Waals surface area contributed by atoms with E-state index in [2.05, 4.69) is 9.97 Å². The van der Waals surface area contributed by atoms with Crippen LogP contribution in [-0.4, -0.2) is 9.97 Å². The summed E-state index contributed by atoms with van der Waals surface area (Å²) in [4.78, 5) is 7.62. The molecule has 0 bridgehead atoms. The fourth-order valence-electron chi connectivity index (χ4n) is 1.22. The molecule has 2 rings (SSSR count). The van der Waals surface area contributed by atoms with Gasteiger partial charge < -0.3 is 10.5 Å². The summed E-state index contributed by atoms with van der Waals surface area (Å²) in [6, 6.07) is 6.11. The van der Waals surface area contributed by atoms with E-state index in [1.54, 1.807) is 24.4 Å². The molecule has 1 aromatic carbocycles. The van der Waals surface area contributed by atoms with Crippen LogP contribution < -0.4 is 10.5 Å². The first-order valence-corrected chi connectivity index (χ1v) is 4.72. The van der Waals surface area contributed by atoms with Crippen molar-refractivity contribution in [2.45, 2.75) is 6.54 Å². The van der Waals surface area contributed by atoms with Crippen LogP contribution in [0.2, 0.25) is 0 Å². The summed E-state index contributed by atoms with van der Waals surface area (Å²) in [6.45, 7) is 0.166. The summed E-state index contributed by atoms with van der Waals surface area (Å²) in [7, 11) is 0. The fourth-order valence-corrected chi connectivity index (χ4v) is 1.22. The van der Waals surface area contributed by atoms with Crippen molar-refractivity contribution in [3.63, 3.8) is 0 Å². The molecule has 0 atom stereocenters. The summed E-state index contributed by atoms with van der Waals surface area (Å²) in [5.41, 5.74) is 5.81. The van der Waals surface area contributed by atoms with Crippen LogP contribution in [-0.2, 0) is 6.54 Å². The predicted molar refractivity (Wildman–Crippen MR) is 56.4 cm³/mol. The molecule has 0 aliphatic carbocycles. The lowest BCUT2D eigenvalue weighted by Crippen LogP contribution is -1.99. The first-order chi connectivity index (χ1) is 7.79. The van der Waals surface area contributed by atoms with Gasteiger partial charge in [-0.1, -0.05) is 6.07 Å². The summed E-state index contributed by atoms with van der Waals surface area (Å²) >= 11 is 0. The van der Waals surface area contributed by atoms with Gasteiger partial charge in [-0.15, -0.1) is 0 Å². The third-order valence-corrected chi connectivity index (χ3v) is 2.02. The molecule has 0 aliphatic rings. The fraction of sp³-hybridized carbons (Fsp3) is 0.0909. The topological polar surface area (TPSA) is 61.0 Å². The molecule has 2 N–H and O–H groups in total. The van der Waals surface area contributed by atoms with Crippen LogP contribution in [0.3, 0.4) is 0 Å². The highest BCUT2D eigenvalue weighted by Crippen LogP contribution is 2.21. The van der Waals surface area contributed by atoms with Gasteiger partial charge in [-0.2, -0.15) is 0 Å². The van der Waals surface area contributed by atoms with Crippen molar-refractivity contribution in [1.82, 2.24) is 9.97 Å². The Morgan fingerprint density at radius 3 is 2.81 bits per heavy atom. The van der Waals surface area contributed by atoms with E-state index in [1.807, 2.05) is 0 Å². The van der Waals surface area contributed by atoms with Gasteiger partial charge in [-0.05, 0) is 6.07 Å². The summed E-state index contributed by atoms with van der Waals surface area (Å²) < 4.78 is 18.7. The molecule has 0 spiro atoms. The van der Waals surface area contributed by atoms with Gasteiger partial charge in [0.25, 0.3) is 0 Å². The maximum atomic E-state index is 13.4. The van der Waals surface area contributed by atoms with Crippen LogP contribution in [0.15, 0.2) is 36.8 Å². The van der Waals surface area contributed by atoms with Crippen molar-refractivity contribution < 1.29 is 9.13 Å². The zero-order valence-corrected chi connectivity index (χ0v) is 8.43. The number of hydrogen-bond acceptors (Lipinski definition) is 4. The van der Waals surface area contributed by atoms with Crippen molar-refractivity contribution >= 4 is 0 Å². The van der Waals surface area contributed by atoms with E-state index in [0.717, 1.165) is 0 Å². The third kappa shape index (κ3) is 2.32. The lowest BCUT2D eigenvalue weighted by atomic mass is 10.2. The quantitative estimate of drug-likeness (QED) is 0.855. The Morgan fingerprint density at radius 2 is 2.19 bits per heavy atom. The molecule has 0 aliphatic heterocycles. The van der Waals surface area contributed by atoms with Gasteiger partial charge in [-0.25, -0.2) is 14.4 Å². The van der Waals surface area contributed by atoms with Crippen LogP contribution in [0.5, 0.6) is 11.6 Å². The van der Waals surface area contributed by atoms with Gasteiger partial charge in [0, 0.05) is 30.4 Å². The number of ether oxygens (including phenoxy) is 1. The lowest BCUT2D eigenvalue weighted by Gasteiger charge is -2.05. The Morgan fingerprint density at radius 1 is 1.31 bits per heavy atom. The highest BCUT2D eigenvalue weighted by atomic mass is 19.1. The monoisotopic (exact) mass is 219 g/mol. The molecule has 5 heteroatoms. The average Bonchev–Trinajstić information content (AvgIpc) is 2.31. The lowest BCUT2D eigenvalue weighted by molar-refractivity contribution is 0.456. The van der Waals surface area contributed by atoms with E-state index in [9.17, 15) is 4.39 Å². The molecule has 0 saturated carbocycles. The Kier molecular flexibility index (Phi) is 3.07. The van der Waals surface area contributed by atoms with Crippen molar-refractivity contribution in [1.29, 1.82) is 0 Å². The molecule has 0 unspecified atom stereocenters. The van der Waals surface area contributed by atoms with E-state index in [4.69, 9.17) is 10.5 Å². The molecular formula is C11H10FN3O. The van der Waals surface area contributed by atoms with Crippen LogP contribution in [0.1, 0.15) is 5.56 Å². The smallest absolute Gasteiger partial charge is 0.222 e. The Hall–Kier alpha value is -2.01. The van der Waals surface area contributed by atoms with E-state index < -0.39 is 0 Å². The third-order valence-electron chi connectivity index (χ3n) is 2.02. The van der Waals surface area contributed by atoms with Gasteiger partial charge in [0.1, 0.15) is 17.9 Å². The number of benzene rings is 1. The van der Waals surface area contributed by atoms with Crippen molar-refractivity contribution in [2.24, 2.45) is 5.73 Å². The number of rotatable bonds is 3. The SMILES string of the molecule is NCc1ccc(Oc2ccncn2)cc1F. The molecule has 1 heterocycles. The van der Waals surface area contributed by atoms with Crippen LogP contribution >= 0.6 is 0 Å². The van der Waals surface area contributed by atoms with Gasteiger partial charge in [0.15, 0.2) is 0 Å². The average molecular weight is 219 g/mol. The summed E-state index contributed by atoms with van der Waals surface area (Å²) in [6.07, 6.45) is 2.91. The standard InChI is InChI=1S/C11H10FN3O/c12-10-5-9(2-1-8(10)6-13)16-11-3-4-14-7-15-11/h1-5,7H,6,13H2. The zero-order chi connectivity index (χ0) is 11.4. The largest absolute Gasteiger partial charge is 0.439 e. The molecule has 1 aromatic heterocycles. The summed E-state index contributed by atoms with van der Waals surface area (Å²) in [5.74, 6) is 0.373. The molecule has 16 heavy (non-hydrogen) atoms. The molecule has 2 aromatic rings. The predicted octanol–water partition coefficient (Wildman–Crippen LogP) is 1.87. The molecule has 0 amide bonds. The normalized spacial score (nSPS) is 10.1. The Labute approximate surface area is 91.9 Å². The number of nitrogens with zero attached hydrogens (tertiary/aromatic N) is 2. The van der Waals surface area contributed by atoms with E-state index in [0.29, 0.717) is 17.2 Å². The van der Waals surface area contributed by atoms with Gasteiger partial charge >= 0.3 is 0 Å². The van der Waals surface area contributed by atoms with Crippen LogP contribution in [0, 0.1) is 5.82 Å². The Balaban J connectivity index is 2.20. The van der Waals surface area contributed by atoms with E-state index in [1.165, 1.54) is 12.4 Å². The minimum absolute atomic E-state index is 0.166. The second kappa shape index (κ2) is 4.67. The number of nitrogens with two attached hydrogens (primary N) is 1. The van der Waals surface area contributed by atoms with Gasteiger partial charge in [0.2, 0.25) is 5.88 Å². The highest BCUT2D eigenvalue weighted by Gasteiger charge is 2.03. The van der Waals surface area contributed by atoms with Crippen LogP contribution in [0.4, 0.5) is 4.39 Å². The first-order valence-electron chi connectivity index (χ1n) is 4.72. The minimum Gasteiger partial charge on any atom is -0.439 e. The molecule has 82 valence electrons. The molecule has 0 saturated heterocycles. The maximum absolute atomic E-state index is 13.4. The van der Waals surface area contributed by atoms with Gasteiger partial charge in [-0.3, -0.25) is 0 Å². The number of hydrogen-bond donors (Lipinski definition) is 1. The summed E-state index contributed by atoms with van der Waals surface area (Å²) in [5, 5.41) is 0. The first kappa shape index (κ1) is 10.5. The highest BCUT2D eigenvalue weighted by molar-refractivity contribution is 5.31. The van der Waals surface area contributed by atoms with Crippen molar-refractivity contribution in [3.8, 4) is 11.6 Å². The molecule has 0 radical (unpaired) electrons. The molecule has 0 fully saturated rings. The van der Waals surface area contributed by atoms with Crippen molar-refractivity contribution in [2.75, 3.05) is 0 Å². The molecule has 4 nitrogen and oxygen atoms in total. The maximum Gasteiger partial charge on any atom is 0.222 e. The number of halogens is 1. The molecular weight excluding hydrogens is 209 g/mol.